The predicted octanol–water partition coefficient (Wildman–Crippen LogP) is 0.392. The second kappa shape index (κ2) is 8.27. The van der Waals surface area contributed by atoms with Crippen LogP contribution in [0.3, 0.4) is 0 Å². The lowest BCUT2D eigenvalue weighted by atomic mass is 9.91. The van der Waals surface area contributed by atoms with Gasteiger partial charge in [0.2, 0.25) is 0 Å². The van der Waals surface area contributed by atoms with Gasteiger partial charge in [0.05, 0.1) is 0 Å². The summed E-state index contributed by atoms with van der Waals surface area (Å²) >= 11 is 0. The van der Waals surface area contributed by atoms with E-state index in [0.717, 1.165) is 32.5 Å². The topological polar surface area (TPSA) is 64.6 Å². The molecule has 0 aliphatic carbocycles. The van der Waals surface area contributed by atoms with Crippen molar-refractivity contribution in [1.29, 1.82) is 0 Å². The third-order valence-electron chi connectivity index (χ3n) is 4.19. The summed E-state index contributed by atoms with van der Waals surface area (Å²) in [6.45, 7) is 3.31. The second-order valence-electron chi connectivity index (χ2n) is 5.94. The quantitative estimate of drug-likeness (QED) is 0.608. The molecule has 1 aromatic carbocycles. The molecule has 3 N–H and O–H groups in total. The maximum atomic E-state index is 12.6. The first-order chi connectivity index (χ1) is 10.7. The van der Waals surface area contributed by atoms with Crippen LogP contribution in [0.25, 0.3) is 0 Å². The molecule has 2 rings (SSSR count). The highest BCUT2D eigenvalue weighted by Gasteiger charge is 2.41. The lowest BCUT2D eigenvalue weighted by molar-refractivity contribution is -0.156. The van der Waals surface area contributed by atoms with E-state index in [-0.39, 0.29) is 5.91 Å². The lowest BCUT2D eigenvalue weighted by Gasteiger charge is -2.38. The zero-order valence-electron chi connectivity index (χ0n) is 13.3. The first-order valence-electron chi connectivity index (χ1n) is 8.07. The van der Waals surface area contributed by atoms with Crippen LogP contribution in [0.1, 0.15) is 18.4 Å². The third-order valence-corrected chi connectivity index (χ3v) is 4.19. The number of carbonyl (C=O) groups excluding carboxylic acids is 1. The number of rotatable bonds is 8. The Morgan fingerprint density at radius 2 is 2.05 bits per heavy atom. The molecule has 1 aliphatic heterocycles. The van der Waals surface area contributed by atoms with Crippen molar-refractivity contribution in [3.63, 3.8) is 0 Å². The summed E-state index contributed by atoms with van der Waals surface area (Å²) in [5.41, 5.74) is -0.0283. The number of benzene rings is 1. The van der Waals surface area contributed by atoms with E-state index >= 15 is 0 Å². The van der Waals surface area contributed by atoms with Crippen LogP contribution in [-0.2, 0) is 11.2 Å². The number of likely N-dealkylation sites (N-methyl/N-ethyl adjacent to an activating group) is 1. The second-order valence-corrected chi connectivity index (χ2v) is 5.94. The molecule has 0 saturated carbocycles. The number of nitrogens with one attached hydrogen (secondary N) is 2. The molecule has 0 spiro atoms. The van der Waals surface area contributed by atoms with Crippen LogP contribution in [0.4, 0.5) is 0 Å². The van der Waals surface area contributed by atoms with Crippen molar-refractivity contribution in [2.75, 3.05) is 39.8 Å². The Bertz CT molecular complexity index is 466. The minimum Gasteiger partial charge on any atom is -0.379 e. The van der Waals surface area contributed by atoms with E-state index in [4.69, 9.17) is 0 Å². The number of likely N-dealkylation sites (tertiary alicyclic amines) is 1. The summed E-state index contributed by atoms with van der Waals surface area (Å²) in [5, 5.41) is 16.8. The molecular formula is C17H27N3O2. The minimum absolute atomic E-state index is 0.133. The van der Waals surface area contributed by atoms with Crippen molar-refractivity contribution in [1.82, 2.24) is 15.5 Å². The van der Waals surface area contributed by atoms with Gasteiger partial charge in [-0.25, -0.2) is 0 Å². The standard InChI is InChI=1S/C17H27N3O2/c1-18-10-11-19-14-17(22)9-5-12-20(16(17)21)13-8-15-6-3-2-4-7-15/h2-4,6-7,18-19,22H,5,8-14H2,1H3/t17-/m0/s1. The highest BCUT2D eigenvalue weighted by molar-refractivity contribution is 5.86. The fourth-order valence-corrected chi connectivity index (χ4v) is 2.86. The van der Waals surface area contributed by atoms with E-state index in [0.29, 0.717) is 19.5 Å². The van der Waals surface area contributed by atoms with Crippen molar-refractivity contribution in [3.05, 3.63) is 35.9 Å². The summed E-state index contributed by atoms with van der Waals surface area (Å²) in [5.74, 6) is -0.133. The van der Waals surface area contributed by atoms with Crippen LogP contribution in [-0.4, -0.2) is 61.3 Å². The van der Waals surface area contributed by atoms with Crippen molar-refractivity contribution in [2.45, 2.75) is 24.9 Å². The highest BCUT2D eigenvalue weighted by atomic mass is 16.3. The Balaban J connectivity index is 1.86. The Kier molecular flexibility index (Phi) is 6.36. The number of carbonyl (C=O) groups is 1. The monoisotopic (exact) mass is 305 g/mol. The van der Waals surface area contributed by atoms with Gasteiger partial charge < -0.3 is 20.6 Å². The molecule has 5 heteroatoms. The molecule has 122 valence electrons. The van der Waals surface area contributed by atoms with Gasteiger partial charge in [0.1, 0.15) is 0 Å². The molecule has 22 heavy (non-hydrogen) atoms. The fraction of sp³-hybridized carbons (Fsp3) is 0.588. The van der Waals surface area contributed by atoms with Crippen LogP contribution in [0.5, 0.6) is 0 Å². The summed E-state index contributed by atoms with van der Waals surface area (Å²) in [6.07, 6.45) is 2.22. The molecule has 0 bridgehead atoms. The van der Waals surface area contributed by atoms with Crippen LogP contribution < -0.4 is 10.6 Å². The maximum absolute atomic E-state index is 12.6. The molecule has 0 unspecified atom stereocenters. The molecule has 1 fully saturated rings. The molecule has 1 heterocycles. The van der Waals surface area contributed by atoms with Gasteiger partial charge in [0.15, 0.2) is 5.60 Å². The molecule has 1 aromatic rings. The van der Waals surface area contributed by atoms with Gasteiger partial charge >= 0.3 is 0 Å². The summed E-state index contributed by atoms with van der Waals surface area (Å²) in [7, 11) is 1.88. The highest BCUT2D eigenvalue weighted by Crippen LogP contribution is 2.22. The van der Waals surface area contributed by atoms with E-state index in [2.05, 4.69) is 22.8 Å². The number of aliphatic hydroxyl groups is 1. The van der Waals surface area contributed by atoms with Gasteiger partial charge in [-0.2, -0.15) is 0 Å². The SMILES string of the molecule is CNCCNC[C@@]1(O)CCCN(CCc2ccccc2)C1=O. The van der Waals surface area contributed by atoms with Crippen molar-refractivity contribution >= 4 is 5.91 Å². The summed E-state index contributed by atoms with van der Waals surface area (Å²) < 4.78 is 0. The van der Waals surface area contributed by atoms with E-state index in [1.807, 2.05) is 25.2 Å². The van der Waals surface area contributed by atoms with Gasteiger partial charge in [0, 0.05) is 32.7 Å². The van der Waals surface area contributed by atoms with Gasteiger partial charge in [-0.3, -0.25) is 4.79 Å². The first kappa shape index (κ1) is 16.9. The number of hydrogen-bond donors (Lipinski definition) is 3. The number of amides is 1. The van der Waals surface area contributed by atoms with Crippen LogP contribution in [0.2, 0.25) is 0 Å². The normalized spacial score (nSPS) is 22.1. The molecule has 1 saturated heterocycles. The van der Waals surface area contributed by atoms with Crippen LogP contribution in [0.15, 0.2) is 30.3 Å². The summed E-state index contributed by atoms with van der Waals surface area (Å²) in [4.78, 5) is 14.4. The number of nitrogens with zero attached hydrogens (tertiary/aromatic N) is 1. The smallest absolute Gasteiger partial charge is 0.255 e. The molecule has 1 atom stereocenters. The molecular weight excluding hydrogens is 278 g/mol. The Labute approximate surface area is 132 Å². The largest absolute Gasteiger partial charge is 0.379 e. The Morgan fingerprint density at radius 3 is 2.77 bits per heavy atom. The summed E-state index contributed by atoms with van der Waals surface area (Å²) in [6, 6.07) is 10.1. The molecule has 5 nitrogen and oxygen atoms in total. The minimum atomic E-state index is -1.25. The lowest BCUT2D eigenvalue weighted by Crippen LogP contribution is -2.58. The van der Waals surface area contributed by atoms with Gasteiger partial charge in [0.25, 0.3) is 5.91 Å². The average Bonchev–Trinajstić information content (AvgIpc) is 2.54. The average molecular weight is 305 g/mol. The first-order valence-corrected chi connectivity index (χ1v) is 8.07. The molecule has 0 aromatic heterocycles. The predicted molar refractivity (Wildman–Crippen MR) is 87.7 cm³/mol. The van der Waals surface area contributed by atoms with Crippen LogP contribution >= 0.6 is 0 Å². The molecule has 1 aliphatic rings. The van der Waals surface area contributed by atoms with E-state index in [1.165, 1.54) is 5.56 Å². The van der Waals surface area contributed by atoms with Gasteiger partial charge in [-0.15, -0.1) is 0 Å². The van der Waals surface area contributed by atoms with Crippen molar-refractivity contribution < 1.29 is 9.90 Å². The van der Waals surface area contributed by atoms with E-state index in [1.54, 1.807) is 4.90 Å². The Hall–Kier alpha value is -1.43. The zero-order chi connectivity index (χ0) is 15.8. The van der Waals surface area contributed by atoms with Gasteiger partial charge in [-0.1, -0.05) is 30.3 Å². The zero-order valence-corrected chi connectivity index (χ0v) is 13.3. The number of piperidine rings is 1. The molecule has 0 radical (unpaired) electrons. The maximum Gasteiger partial charge on any atom is 0.255 e. The van der Waals surface area contributed by atoms with E-state index in [9.17, 15) is 9.90 Å². The molecule has 1 amide bonds. The van der Waals surface area contributed by atoms with Crippen LogP contribution in [0, 0.1) is 0 Å². The van der Waals surface area contributed by atoms with Gasteiger partial charge in [-0.05, 0) is 31.9 Å². The van der Waals surface area contributed by atoms with Crippen molar-refractivity contribution in [2.24, 2.45) is 0 Å². The van der Waals surface area contributed by atoms with E-state index < -0.39 is 5.60 Å². The third kappa shape index (κ3) is 4.53. The van der Waals surface area contributed by atoms with Crippen molar-refractivity contribution in [3.8, 4) is 0 Å². The number of hydrogen-bond acceptors (Lipinski definition) is 4. The Morgan fingerprint density at radius 1 is 1.27 bits per heavy atom. The fourth-order valence-electron chi connectivity index (χ4n) is 2.86.